The van der Waals surface area contributed by atoms with Crippen LogP contribution in [-0.2, 0) is 22.6 Å². The van der Waals surface area contributed by atoms with E-state index >= 15 is 0 Å². The van der Waals surface area contributed by atoms with E-state index in [0.29, 0.717) is 12.2 Å². The van der Waals surface area contributed by atoms with E-state index in [9.17, 15) is 4.79 Å². The summed E-state index contributed by atoms with van der Waals surface area (Å²) < 4.78 is 12.1. The number of benzene rings is 1. The molecule has 112 valence electrons. The van der Waals surface area contributed by atoms with E-state index in [2.05, 4.69) is 10.3 Å². The number of aromatic nitrogens is 3. The van der Waals surface area contributed by atoms with Crippen molar-refractivity contribution in [3.05, 3.63) is 47.3 Å². The van der Waals surface area contributed by atoms with Gasteiger partial charge in [-0.3, -0.25) is 0 Å². The van der Waals surface area contributed by atoms with Crippen molar-refractivity contribution in [1.29, 1.82) is 0 Å². The largest absolute Gasteiger partial charge is 0.456 e. The molecule has 0 aliphatic carbocycles. The van der Waals surface area contributed by atoms with Gasteiger partial charge in [0, 0.05) is 7.11 Å². The van der Waals surface area contributed by atoms with Gasteiger partial charge in [-0.1, -0.05) is 35.5 Å². The summed E-state index contributed by atoms with van der Waals surface area (Å²) in [6.07, 6.45) is -0.00131. The number of rotatable bonds is 6. The second-order valence-electron chi connectivity index (χ2n) is 4.81. The van der Waals surface area contributed by atoms with Crippen LogP contribution in [0.3, 0.4) is 0 Å². The highest BCUT2D eigenvalue weighted by Crippen LogP contribution is 2.09. The van der Waals surface area contributed by atoms with Gasteiger partial charge in [0.05, 0.1) is 18.3 Å². The minimum absolute atomic E-state index is 0.00131. The molecule has 21 heavy (non-hydrogen) atoms. The van der Waals surface area contributed by atoms with E-state index in [4.69, 9.17) is 9.47 Å². The molecule has 0 aliphatic heterocycles. The molecule has 1 atom stereocenters. The fourth-order valence-corrected chi connectivity index (χ4v) is 1.83. The molecule has 0 bridgehead atoms. The van der Waals surface area contributed by atoms with Gasteiger partial charge >= 0.3 is 5.97 Å². The molecule has 1 aromatic heterocycles. The van der Waals surface area contributed by atoms with Crippen LogP contribution in [0.5, 0.6) is 0 Å². The molecule has 0 saturated heterocycles. The maximum atomic E-state index is 12.0. The fourth-order valence-electron chi connectivity index (χ4n) is 1.83. The fraction of sp³-hybridized carbons (Fsp3) is 0.400. The first-order valence-corrected chi connectivity index (χ1v) is 6.75. The zero-order chi connectivity index (χ0) is 15.2. The van der Waals surface area contributed by atoms with Crippen LogP contribution < -0.4 is 0 Å². The minimum Gasteiger partial charge on any atom is -0.456 e. The Morgan fingerprint density at radius 3 is 2.71 bits per heavy atom. The summed E-state index contributed by atoms with van der Waals surface area (Å²) in [5.74, 6) is -0.465. The Morgan fingerprint density at radius 2 is 2.05 bits per heavy atom. The van der Waals surface area contributed by atoms with Gasteiger partial charge in [-0.25, -0.2) is 9.48 Å². The quantitative estimate of drug-likeness (QED) is 0.761. The number of carbonyl (C=O) groups excluding carboxylic acids is 1. The third kappa shape index (κ3) is 3.88. The zero-order valence-electron chi connectivity index (χ0n) is 12.4. The number of hydrogen-bond acceptors (Lipinski definition) is 5. The molecule has 2 aromatic rings. The van der Waals surface area contributed by atoms with Gasteiger partial charge in [0.25, 0.3) is 0 Å². The number of esters is 1. The Bertz CT molecular complexity index is 595. The van der Waals surface area contributed by atoms with Gasteiger partial charge in [0.2, 0.25) is 0 Å². The van der Waals surface area contributed by atoms with E-state index in [1.165, 1.54) is 0 Å². The molecule has 0 saturated carbocycles. The summed E-state index contributed by atoms with van der Waals surface area (Å²) in [6, 6.07) is 9.51. The first-order valence-electron chi connectivity index (χ1n) is 6.75. The van der Waals surface area contributed by atoms with Crippen LogP contribution in [0, 0.1) is 6.92 Å². The molecule has 6 nitrogen and oxygen atoms in total. The normalized spacial score (nSPS) is 12.1. The molecule has 1 unspecified atom stereocenters. The van der Waals surface area contributed by atoms with Crippen molar-refractivity contribution in [2.24, 2.45) is 0 Å². The zero-order valence-corrected chi connectivity index (χ0v) is 12.4. The SMILES string of the molecule is COC(C)Cn1nnc(C(=O)OCc2ccccc2)c1C. The van der Waals surface area contributed by atoms with E-state index in [0.717, 1.165) is 5.56 Å². The highest BCUT2D eigenvalue weighted by atomic mass is 16.5. The predicted octanol–water partition coefficient (Wildman–Crippen LogP) is 1.98. The smallest absolute Gasteiger partial charge is 0.361 e. The first-order chi connectivity index (χ1) is 10.1. The lowest BCUT2D eigenvalue weighted by molar-refractivity contribution is 0.0464. The Balaban J connectivity index is 2.00. The van der Waals surface area contributed by atoms with Crippen LogP contribution in [0.2, 0.25) is 0 Å². The monoisotopic (exact) mass is 289 g/mol. The van der Waals surface area contributed by atoms with Crippen LogP contribution in [-0.4, -0.2) is 34.2 Å². The Kier molecular flexibility index (Phi) is 5.05. The summed E-state index contributed by atoms with van der Waals surface area (Å²) in [7, 11) is 1.63. The van der Waals surface area contributed by atoms with Crippen molar-refractivity contribution in [2.45, 2.75) is 33.1 Å². The first kappa shape index (κ1) is 15.2. The van der Waals surface area contributed by atoms with E-state index in [-0.39, 0.29) is 18.4 Å². The molecular formula is C15H19N3O3. The van der Waals surface area contributed by atoms with Gasteiger partial charge in [0.1, 0.15) is 6.61 Å². The maximum absolute atomic E-state index is 12.0. The average molecular weight is 289 g/mol. The van der Waals surface area contributed by atoms with Crippen LogP contribution >= 0.6 is 0 Å². The third-order valence-corrected chi connectivity index (χ3v) is 3.22. The van der Waals surface area contributed by atoms with E-state index < -0.39 is 5.97 Å². The summed E-state index contributed by atoms with van der Waals surface area (Å²) in [6.45, 7) is 4.48. The van der Waals surface area contributed by atoms with Gasteiger partial charge in [-0.15, -0.1) is 5.10 Å². The van der Waals surface area contributed by atoms with Crippen molar-refractivity contribution in [3.8, 4) is 0 Å². The minimum atomic E-state index is -0.465. The molecule has 0 fully saturated rings. The Labute approximate surface area is 123 Å². The lowest BCUT2D eigenvalue weighted by Crippen LogP contribution is -2.17. The van der Waals surface area contributed by atoms with Crippen molar-refractivity contribution in [3.63, 3.8) is 0 Å². The topological polar surface area (TPSA) is 66.2 Å². The van der Waals surface area contributed by atoms with Crippen LogP contribution in [0.25, 0.3) is 0 Å². The number of carbonyl (C=O) groups is 1. The molecule has 2 rings (SSSR count). The summed E-state index contributed by atoms with van der Waals surface area (Å²) in [5, 5.41) is 7.86. The van der Waals surface area contributed by atoms with Gasteiger partial charge in [0.15, 0.2) is 5.69 Å². The highest BCUT2D eigenvalue weighted by Gasteiger charge is 2.18. The van der Waals surface area contributed by atoms with Crippen molar-refractivity contribution in [2.75, 3.05) is 7.11 Å². The molecule has 1 aromatic carbocycles. The molecule has 0 N–H and O–H groups in total. The molecule has 0 radical (unpaired) electrons. The summed E-state index contributed by atoms with van der Waals surface area (Å²) >= 11 is 0. The average Bonchev–Trinajstić information content (AvgIpc) is 2.87. The summed E-state index contributed by atoms with van der Waals surface area (Å²) in [4.78, 5) is 12.0. The Hall–Kier alpha value is -2.21. The highest BCUT2D eigenvalue weighted by molar-refractivity contribution is 5.88. The van der Waals surface area contributed by atoms with Crippen LogP contribution in [0.4, 0.5) is 0 Å². The maximum Gasteiger partial charge on any atom is 0.361 e. The molecule has 6 heteroatoms. The van der Waals surface area contributed by atoms with Crippen molar-refractivity contribution >= 4 is 5.97 Å². The number of ether oxygens (including phenoxy) is 2. The molecule has 0 amide bonds. The van der Waals surface area contributed by atoms with Crippen LogP contribution in [0.1, 0.15) is 28.7 Å². The Morgan fingerprint density at radius 1 is 1.33 bits per heavy atom. The van der Waals surface area contributed by atoms with Crippen molar-refractivity contribution in [1.82, 2.24) is 15.0 Å². The standard InChI is InChI=1S/C15H19N3O3/c1-11(20-3)9-18-12(2)14(16-17-18)15(19)21-10-13-7-5-4-6-8-13/h4-8,11H,9-10H2,1-3H3. The number of hydrogen-bond donors (Lipinski definition) is 0. The lowest BCUT2D eigenvalue weighted by atomic mass is 10.2. The van der Waals surface area contributed by atoms with E-state index in [1.807, 2.05) is 37.3 Å². The van der Waals surface area contributed by atoms with Crippen LogP contribution in [0.15, 0.2) is 30.3 Å². The lowest BCUT2D eigenvalue weighted by Gasteiger charge is -2.10. The van der Waals surface area contributed by atoms with Gasteiger partial charge in [-0.05, 0) is 19.4 Å². The molecule has 1 heterocycles. The third-order valence-electron chi connectivity index (χ3n) is 3.22. The molecule has 0 aliphatic rings. The second kappa shape index (κ2) is 6.99. The van der Waals surface area contributed by atoms with Crippen molar-refractivity contribution < 1.29 is 14.3 Å². The number of methoxy groups -OCH3 is 1. The van der Waals surface area contributed by atoms with E-state index in [1.54, 1.807) is 18.7 Å². The summed E-state index contributed by atoms with van der Waals surface area (Å²) in [5.41, 5.74) is 1.86. The predicted molar refractivity (Wildman–Crippen MR) is 76.8 cm³/mol. The second-order valence-corrected chi connectivity index (χ2v) is 4.81. The molecule has 0 spiro atoms. The van der Waals surface area contributed by atoms with Gasteiger partial charge in [-0.2, -0.15) is 0 Å². The molecular weight excluding hydrogens is 270 g/mol. The van der Waals surface area contributed by atoms with Gasteiger partial charge < -0.3 is 9.47 Å². The number of nitrogens with zero attached hydrogens (tertiary/aromatic N) is 3.